The summed E-state index contributed by atoms with van der Waals surface area (Å²) >= 11 is 3.89. The molecule has 1 saturated carbocycles. The molecule has 0 spiro atoms. The number of allylic oxidation sites excluding steroid dienone is 2. The van der Waals surface area contributed by atoms with Gasteiger partial charge in [-0.2, -0.15) is 0 Å². The van der Waals surface area contributed by atoms with Gasteiger partial charge < -0.3 is 9.47 Å². The van der Waals surface area contributed by atoms with Crippen molar-refractivity contribution < 1.29 is 9.47 Å². The highest BCUT2D eigenvalue weighted by atomic mass is 79.9. The van der Waals surface area contributed by atoms with Crippen LogP contribution in [-0.4, -0.2) is 13.2 Å². The molecule has 1 aromatic rings. The van der Waals surface area contributed by atoms with Gasteiger partial charge in [-0.3, -0.25) is 0 Å². The molecule has 1 atom stereocenters. The van der Waals surface area contributed by atoms with Crippen LogP contribution < -0.4 is 4.74 Å². The molecule has 0 bridgehead atoms. The molecule has 0 N–H and O–H groups in total. The summed E-state index contributed by atoms with van der Waals surface area (Å²) < 4.78 is 11.8. The highest BCUT2D eigenvalue weighted by molar-refractivity contribution is 9.09. The van der Waals surface area contributed by atoms with Crippen LogP contribution >= 0.6 is 15.9 Å². The first kappa shape index (κ1) is 15.0. The number of hydrogen-bond acceptors (Lipinski definition) is 2. The molecule has 1 heterocycles. The summed E-state index contributed by atoms with van der Waals surface area (Å²) in [5.41, 5.74) is 4.21. The molecule has 114 valence electrons. The standard InChI is InChI=1S/C18H23BrO2/c1-4-20-17(12-8-9-12)16(19)13-6-5-7-14-15(13)18(2,3)10-11-21-14/h5-7,16H,4,8-11H2,1-3H3. The van der Waals surface area contributed by atoms with E-state index in [1.54, 1.807) is 0 Å². The average Bonchev–Trinajstić information content (AvgIpc) is 3.27. The molecular weight excluding hydrogens is 328 g/mol. The van der Waals surface area contributed by atoms with E-state index >= 15 is 0 Å². The fraction of sp³-hybridized carbons (Fsp3) is 0.556. The lowest BCUT2D eigenvalue weighted by Crippen LogP contribution is -2.28. The Morgan fingerprint density at radius 3 is 2.81 bits per heavy atom. The second-order valence-electron chi connectivity index (χ2n) is 6.47. The predicted molar refractivity (Wildman–Crippen MR) is 89.1 cm³/mol. The van der Waals surface area contributed by atoms with Gasteiger partial charge >= 0.3 is 0 Å². The first-order valence-electron chi connectivity index (χ1n) is 7.79. The van der Waals surface area contributed by atoms with Gasteiger partial charge in [0.25, 0.3) is 0 Å². The predicted octanol–water partition coefficient (Wildman–Crippen LogP) is 5.27. The van der Waals surface area contributed by atoms with Crippen LogP contribution in [0.2, 0.25) is 0 Å². The zero-order chi connectivity index (χ0) is 15.0. The van der Waals surface area contributed by atoms with Crippen molar-refractivity contribution in [2.24, 2.45) is 0 Å². The minimum Gasteiger partial charge on any atom is -0.497 e. The molecule has 0 aromatic heterocycles. The maximum absolute atomic E-state index is 5.93. The minimum atomic E-state index is 0.130. The molecule has 1 fully saturated rings. The highest BCUT2D eigenvalue weighted by Gasteiger charge is 2.35. The number of rotatable bonds is 4. The molecule has 1 aliphatic heterocycles. The smallest absolute Gasteiger partial charge is 0.123 e. The Morgan fingerprint density at radius 2 is 2.14 bits per heavy atom. The van der Waals surface area contributed by atoms with Crippen LogP contribution in [0.25, 0.3) is 0 Å². The summed E-state index contributed by atoms with van der Waals surface area (Å²) in [7, 11) is 0. The van der Waals surface area contributed by atoms with Gasteiger partial charge in [-0.05, 0) is 48.8 Å². The molecule has 3 rings (SSSR count). The number of alkyl halides is 1. The van der Waals surface area contributed by atoms with Gasteiger partial charge in [-0.15, -0.1) is 0 Å². The van der Waals surface area contributed by atoms with Crippen molar-refractivity contribution in [2.75, 3.05) is 13.2 Å². The third-order valence-corrected chi connectivity index (χ3v) is 5.28. The SMILES string of the molecule is CCOC(=C1CC1)C(Br)c1cccc2c1C(C)(C)CCO2. The number of hydrogen-bond donors (Lipinski definition) is 0. The molecule has 1 unspecified atom stereocenters. The summed E-state index contributed by atoms with van der Waals surface area (Å²) in [4.78, 5) is 0.130. The van der Waals surface area contributed by atoms with E-state index in [1.807, 2.05) is 0 Å². The van der Waals surface area contributed by atoms with Crippen molar-refractivity contribution in [3.05, 3.63) is 40.7 Å². The van der Waals surface area contributed by atoms with E-state index in [-0.39, 0.29) is 10.2 Å². The maximum Gasteiger partial charge on any atom is 0.123 e. The van der Waals surface area contributed by atoms with Crippen LogP contribution in [0.1, 0.15) is 56.0 Å². The highest BCUT2D eigenvalue weighted by Crippen LogP contribution is 2.48. The topological polar surface area (TPSA) is 18.5 Å². The molecule has 3 heteroatoms. The van der Waals surface area contributed by atoms with Crippen molar-refractivity contribution in [3.63, 3.8) is 0 Å². The van der Waals surface area contributed by atoms with Crippen molar-refractivity contribution in [1.82, 2.24) is 0 Å². The Kier molecular flexibility index (Phi) is 4.04. The molecular formula is C18H23BrO2. The van der Waals surface area contributed by atoms with Gasteiger partial charge in [0.15, 0.2) is 0 Å². The summed E-state index contributed by atoms with van der Waals surface area (Å²) in [6.45, 7) is 8.19. The monoisotopic (exact) mass is 350 g/mol. The molecule has 0 amide bonds. The summed E-state index contributed by atoms with van der Waals surface area (Å²) in [6.07, 6.45) is 3.40. The zero-order valence-electron chi connectivity index (χ0n) is 13.0. The van der Waals surface area contributed by atoms with Crippen LogP contribution in [0.3, 0.4) is 0 Å². The van der Waals surface area contributed by atoms with Gasteiger partial charge in [-0.1, -0.05) is 41.9 Å². The van der Waals surface area contributed by atoms with Crippen LogP contribution in [0.15, 0.2) is 29.5 Å². The zero-order valence-corrected chi connectivity index (χ0v) is 14.6. The number of fused-ring (bicyclic) bond motifs is 1. The molecule has 1 aliphatic carbocycles. The lowest BCUT2D eigenvalue weighted by molar-refractivity contribution is 0.217. The van der Waals surface area contributed by atoms with Gasteiger partial charge in [0, 0.05) is 5.56 Å². The number of benzene rings is 1. The fourth-order valence-corrected chi connectivity index (χ4v) is 3.94. The van der Waals surface area contributed by atoms with Gasteiger partial charge in [0.2, 0.25) is 0 Å². The summed E-state index contributed by atoms with van der Waals surface area (Å²) in [5.74, 6) is 2.15. The Hall–Kier alpha value is -0.960. The lowest BCUT2D eigenvalue weighted by atomic mass is 9.76. The van der Waals surface area contributed by atoms with Crippen molar-refractivity contribution in [2.45, 2.75) is 50.3 Å². The molecule has 1 aromatic carbocycles. The van der Waals surface area contributed by atoms with E-state index in [0.29, 0.717) is 0 Å². The van der Waals surface area contributed by atoms with E-state index in [4.69, 9.17) is 9.47 Å². The van der Waals surface area contributed by atoms with Crippen molar-refractivity contribution in [1.29, 1.82) is 0 Å². The Labute approximate surface area is 135 Å². The number of ether oxygens (including phenoxy) is 2. The first-order chi connectivity index (χ1) is 10.0. The largest absolute Gasteiger partial charge is 0.497 e. The lowest BCUT2D eigenvalue weighted by Gasteiger charge is -2.35. The van der Waals surface area contributed by atoms with Gasteiger partial charge in [0.1, 0.15) is 11.5 Å². The van der Waals surface area contributed by atoms with Gasteiger partial charge in [-0.25, -0.2) is 0 Å². The van der Waals surface area contributed by atoms with Gasteiger partial charge in [0.05, 0.1) is 18.0 Å². The molecule has 2 aliphatic rings. The normalized spacial score (nSPS) is 20.3. The summed E-state index contributed by atoms with van der Waals surface area (Å²) in [6, 6.07) is 6.38. The molecule has 21 heavy (non-hydrogen) atoms. The Morgan fingerprint density at radius 1 is 1.38 bits per heavy atom. The summed E-state index contributed by atoms with van der Waals surface area (Å²) in [5, 5.41) is 0. The molecule has 0 radical (unpaired) electrons. The van der Waals surface area contributed by atoms with E-state index in [1.165, 1.54) is 29.5 Å². The van der Waals surface area contributed by atoms with Crippen LogP contribution in [0, 0.1) is 0 Å². The van der Waals surface area contributed by atoms with Crippen LogP contribution in [0.5, 0.6) is 5.75 Å². The maximum atomic E-state index is 5.93. The van der Waals surface area contributed by atoms with Crippen LogP contribution in [0.4, 0.5) is 0 Å². The third kappa shape index (κ3) is 2.85. The third-order valence-electron chi connectivity index (χ3n) is 4.37. The Balaban J connectivity index is 2.05. The Bertz CT molecular complexity index is 569. The van der Waals surface area contributed by atoms with Crippen molar-refractivity contribution in [3.8, 4) is 5.75 Å². The molecule has 0 saturated heterocycles. The first-order valence-corrected chi connectivity index (χ1v) is 8.71. The second kappa shape index (κ2) is 5.68. The van der Waals surface area contributed by atoms with Crippen molar-refractivity contribution >= 4 is 15.9 Å². The van der Waals surface area contributed by atoms with E-state index < -0.39 is 0 Å². The van der Waals surface area contributed by atoms with Crippen LogP contribution in [-0.2, 0) is 10.2 Å². The van der Waals surface area contributed by atoms with E-state index in [2.05, 4.69) is 54.9 Å². The second-order valence-corrected chi connectivity index (χ2v) is 7.38. The number of halogens is 1. The average molecular weight is 351 g/mol. The minimum absolute atomic E-state index is 0.130. The van der Waals surface area contributed by atoms with E-state index in [9.17, 15) is 0 Å². The molecule has 2 nitrogen and oxygen atoms in total. The fourth-order valence-electron chi connectivity index (χ4n) is 3.11. The van der Waals surface area contributed by atoms with E-state index in [0.717, 1.165) is 31.1 Å². The quantitative estimate of drug-likeness (QED) is 0.544.